The van der Waals surface area contributed by atoms with Gasteiger partial charge in [0.05, 0.1) is 16.8 Å². The number of hydrogen-bond acceptors (Lipinski definition) is 6. The number of nitrogens with zero attached hydrogens (tertiary/aromatic N) is 3. The third kappa shape index (κ3) is 5.86. The summed E-state index contributed by atoms with van der Waals surface area (Å²) in [5.74, 6) is 0.200. The van der Waals surface area contributed by atoms with Crippen LogP contribution < -0.4 is 15.4 Å². The molecule has 1 aliphatic rings. The Bertz CT molecular complexity index is 1560. The van der Waals surface area contributed by atoms with E-state index in [9.17, 15) is 18.0 Å². The summed E-state index contributed by atoms with van der Waals surface area (Å²) in [5.41, 5.74) is 2.83. The monoisotopic (exact) mass is 549 g/mol. The molecule has 0 bridgehead atoms. The van der Waals surface area contributed by atoms with Gasteiger partial charge in [-0.15, -0.1) is 0 Å². The van der Waals surface area contributed by atoms with Crippen LogP contribution in [0.2, 0.25) is 0 Å². The van der Waals surface area contributed by atoms with Gasteiger partial charge in [-0.25, -0.2) is 9.97 Å². The van der Waals surface area contributed by atoms with E-state index >= 15 is 0 Å². The van der Waals surface area contributed by atoms with Gasteiger partial charge >= 0.3 is 6.18 Å². The summed E-state index contributed by atoms with van der Waals surface area (Å²) in [4.78, 5) is 24.3. The van der Waals surface area contributed by atoms with Crippen molar-refractivity contribution in [3.8, 4) is 16.9 Å². The van der Waals surface area contributed by atoms with Crippen molar-refractivity contribution in [2.45, 2.75) is 32.5 Å². The molecule has 1 atom stereocenters. The zero-order chi connectivity index (χ0) is 28.4. The number of halogens is 3. The van der Waals surface area contributed by atoms with Crippen LogP contribution in [-0.2, 0) is 6.18 Å². The van der Waals surface area contributed by atoms with Crippen LogP contribution in [0, 0.1) is 6.92 Å². The summed E-state index contributed by atoms with van der Waals surface area (Å²) < 4.78 is 46.7. The summed E-state index contributed by atoms with van der Waals surface area (Å²) in [6.07, 6.45) is -2.24. The number of ether oxygens (including phenoxy) is 1. The first-order valence-corrected chi connectivity index (χ1v) is 13.1. The molecule has 40 heavy (non-hydrogen) atoms. The molecule has 2 N–H and O–H groups in total. The number of carbonyl (C=O) groups excluding carboxylic acids is 1. The minimum absolute atomic E-state index is 0.0138. The van der Waals surface area contributed by atoms with E-state index in [1.165, 1.54) is 6.07 Å². The Morgan fingerprint density at radius 3 is 2.67 bits per heavy atom. The fraction of sp³-hybridized carbons (Fsp3) is 0.300. The molecule has 5 rings (SSSR count). The fourth-order valence-corrected chi connectivity index (χ4v) is 4.86. The van der Waals surface area contributed by atoms with Gasteiger partial charge in [0.1, 0.15) is 11.9 Å². The molecule has 3 aromatic carbocycles. The molecule has 1 fully saturated rings. The van der Waals surface area contributed by atoms with Crippen LogP contribution in [0.1, 0.15) is 34.8 Å². The average molecular weight is 550 g/mol. The first kappa shape index (κ1) is 27.4. The third-order valence-corrected chi connectivity index (χ3v) is 7.14. The smallest absolute Gasteiger partial charge is 0.416 e. The van der Waals surface area contributed by atoms with E-state index in [-0.39, 0.29) is 17.5 Å². The lowest BCUT2D eigenvalue weighted by atomic mass is 9.97. The highest BCUT2D eigenvalue weighted by Gasteiger charge is 2.32. The standard InChI is InChI=1S/C30H30F3N5O2/c1-4-38-12-11-23(17-38)40-27-10-8-22(30(31,32)33)15-26(27)36-28(39)20-6-5-18(2)24(14-20)19-7-9-25-21(13-19)16-35-29(34-3)37-25/h5-10,13-16,23H,4,11-12,17H2,1-3H3,(H,36,39)(H,34,35,37)/t23-/m1/s1. The molecular weight excluding hydrogens is 519 g/mol. The Kier molecular flexibility index (Phi) is 7.62. The van der Waals surface area contributed by atoms with Gasteiger partial charge in [0.15, 0.2) is 0 Å². The molecule has 0 spiro atoms. The Balaban J connectivity index is 1.44. The van der Waals surface area contributed by atoms with Crippen LogP contribution >= 0.6 is 0 Å². The summed E-state index contributed by atoms with van der Waals surface area (Å²) in [6, 6.07) is 14.1. The van der Waals surface area contributed by atoms with Gasteiger partial charge in [0, 0.05) is 37.3 Å². The van der Waals surface area contributed by atoms with Crippen molar-refractivity contribution in [1.82, 2.24) is 14.9 Å². The lowest BCUT2D eigenvalue weighted by Gasteiger charge is -2.19. The summed E-state index contributed by atoms with van der Waals surface area (Å²) in [7, 11) is 1.75. The third-order valence-electron chi connectivity index (χ3n) is 7.14. The topological polar surface area (TPSA) is 79.4 Å². The maximum Gasteiger partial charge on any atom is 0.416 e. The minimum atomic E-state index is -4.56. The lowest BCUT2D eigenvalue weighted by molar-refractivity contribution is -0.137. The number of likely N-dealkylation sites (N-methyl/N-ethyl adjacent to an activating group) is 1. The Labute approximate surface area is 230 Å². The highest BCUT2D eigenvalue weighted by atomic mass is 19.4. The quantitative estimate of drug-likeness (QED) is 0.278. The second kappa shape index (κ2) is 11.1. The van der Waals surface area contributed by atoms with Gasteiger partial charge in [-0.2, -0.15) is 13.2 Å². The fourth-order valence-electron chi connectivity index (χ4n) is 4.86. The van der Waals surface area contributed by atoms with Crippen LogP contribution in [0.15, 0.2) is 60.8 Å². The number of benzene rings is 3. The number of likely N-dealkylation sites (tertiary alicyclic amines) is 1. The summed E-state index contributed by atoms with van der Waals surface area (Å²) >= 11 is 0. The predicted octanol–water partition coefficient (Wildman–Crippen LogP) is 6.39. The van der Waals surface area contributed by atoms with Crippen LogP contribution in [-0.4, -0.2) is 53.6 Å². The number of fused-ring (bicyclic) bond motifs is 1. The van der Waals surface area contributed by atoms with E-state index in [1.54, 1.807) is 25.4 Å². The molecule has 7 nitrogen and oxygen atoms in total. The SMILES string of the molecule is CCN1CC[C@@H](Oc2ccc(C(F)(F)F)cc2NC(=O)c2ccc(C)c(-c3ccc4nc(NC)ncc4c3)c2)C1. The molecular formula is C30H30F3N5O2. The van der Waals surface area contributed by atoms with E-state index in [4.69, 9.17) is 4.74 Å². The number of alkyl halides is 3. The minimum Gasteiger partial charge on any atom is -0.487 e. The number of aryl methyl sites for hydroxylation is 1. The van der Waals surface area contributed by atoms with Crippen molar-refractivity contribution in [3.63, 3.8) is 0 Å². The van der Waals surface area contributed by atoms with E-state index in [1.807, 2.05) is 38.1 Å². The van der Waals surface area contributed by atoms with Gasteiger partial charge in [-0.3, -0.25) is 9.69 Å². The summed E-state index contributed by atoms with van der Waals surface area (Å²) in [6.45, 7) is 6.38. The number of nitrogens with one attached hydrogen (secondary N) is 2. The molecule has 0 radical (unpaired) electrons. The normalized spacial score (nSPS) is 15.8. The van der Waals surface area contributed by atoms with Crippen molar-refractivity contribution in [1.29, 1.82) is 0 Å². The molecule has 0 unspecified atom stereocenters. The van der Waals surface area contributed by atoms with E-state index < -0.39 is 17.6 Å². The molecule has 4 aromatic rings. The average Bonchev–Trinajstić information content (AvgIpc) is 3.40. The van der Waals surface area contributed by atoms with E-state index in [0.29, 0.717) is 18.1 Å². The lowest BCUT2D eigenvalue weighted by Crippen LogP contribution is -2.25. The maximum atomic E-state index is 13.5. The van der Waals surface area contributed by atoms with E-state index in [0.717, 1.165) is 59.2 Å². The van der Waals surface area contributed by atoms with Crippen molar-refractivity contribution in [2.75, 3.05) is 37.3 Å². The second-order valence-electron chi connectivity index (χ2n) is 9.83. The van der Waals surface area contributed by atoms with Gasteiger partial charge in [0.25, 0.3) is 5.91 Å². The van der Waals surface area contributed by atoms with Crippen molar-refractivity contribution in [2.24, 2.45) is 0 Å². The zero-order valence-electron chi connectivity index (χ0n) is 22.5. The molecule has 1 amide bonds. The summed E-state index contributed by atoms with van der Waals surface area (Å²) in [5, 5.41) is 6.43. The number of aromatic nitrogens is 2. The highest BCUT2D eigenvalue weighted by Crippen LogP contribution is 2.36. The van der Waals surface area contributed by atoms with Gasteiger partial charge < -0.3 is 15.4 Å². The molecule has 1 aliphatic heterocycles. The molecule has 10 heteroatoms. The number of amides is 1. The number of carbonyl (C=O) groups is 1. The van der Waals surface area contributed by atoms with Crippen molar-refractivity contribution in [3.05, 3.63) is 77.5 Å². The predicted molar refractivity (Wildman–Crippen MR) is 150 cm³/mol. The number of rotatable bonds is 7. The van der Waals surface area contributed by atoms with Crippen LogP contribution in [0.4, 0.5) is 24.8 Å². The first-order chi connectivity index (χ1) is 19.1. The van der Waals surface area contributed by atoms with E-state index in [2.05, 4.69) is 25.5 Å². The largest absolute Gasteiger partial charge is 0.487 e. The molecule has 1 aromatic heterocycles. The van der Waals surface area contributed by atoms with Crippen molar-refractivity contribution >= 4 is 28.4 Å². The number of hydrogen-bond donors (Lipinski definition) is 2. The molecule has 2 heterocycles. The molecule has 208 valence electrons. The van der Waals surface area contributed by atoms with Crippen molar-refractivity contribution < 1.29 is 22.7 Å². The van der Waals surface area contributed by atoms with Gasteiger partial charge in [-0.1, -0.05) is 19.1 Å². The molecule has 0 saturated carbocycles. The maximum absolute atomic E-state index is 13.5. The highest BCUT2D eigenvalue weighted by molar-refractivity contribution is 6.06. The Hall–Kier alpha value is -4.18. The molecule has 0 aliphatic carbocycles. The number of anilines is 2. The van der Waals surface area contributed by atoms with Crippen LogP contribution in [0.3, 0.4) is 0 Å². The first-order valence-electron chi connectivity index (χ1n) is 13.1. The molecule has 1 saturated heterocycles. The Morgan fingerprint density at radius 2 is 1.95 bits per heavy atom. The van der Waals surface area contributed by atoms with Gasteiger partial charge in [0.2, 0.25) is 5.95 Å². The second-order valence-corrected chi connectivity index (χ2v) is 9.83. The zero-order valence-corrected chi connectivity index (χ0v) is 22.5. The van der Waals surface area contributed by atoms with Gasteiger partial charge in [-0.05, 0) is 79.0 Å². The van der Waals surface area contributed by atoms with Crippen LogP contribution in [0.5, 0.6) is 5.75 Å². The Morgan fingerprint density at radius 1 is 1.12 bits per heavy atom. The van der Waals surface area contributed by atoms with Crippen LogP contribution in [0.25, 0.3) is 22.0 Å².